The van der Waals surface area contributed by atoms with E-state index in [1.54, 1.807) is 19.2 Å². The number of aromatic amines is 1. The quantitative estimate of drug-likeness (QED) is 0.905. The molecule has 0 aliphatic rings. The van der Waals surface area contributed by atoms with E-state index in [0.717, 1.165) is 5.69 Å². The summed E-state index contributed by atoms with van der Waals surface area (Å²) < 4.78 is 0. The van der Waals surface area contributed by atoms with Gasteiger partial charge in [-0.2, -0.15) is 5.26 Å². The Morgan fingerprint density at radius 1 is 1.47 bits per heavy atom. The van der Waals surface area contributed by atoms with Crippen LogP contribution in [0.25, 0.3) is 0 Å². The highest BCUT2D eigenvalue weighted by atomic mass is 16.2. The van der Waals surface area contributed by atoms with E-state index >= 15 is 0 Å². The number of carbonyl (C=O) groups excluding carboxylic acids is 1. The number of pyridine rings is 1. The summed E-state index contributed by atoms with van der Waals surface area (Å²) in [6, 6.07) is 9.18. The third-order valence-electron chi connectivity index (χ3n) is 2.87. The molecule has 0 aliphatic carbocycles. The van der Waals surface area contributed by atoms with Gasteiger partial charge in [0.05, 0.1) is 5.56 Å². The van der Waals surface area contributed by atoms with Crippen LogP contribution in [0.1, 0.15) is 17.7 Å². The first-order chi connectivity index (χ1) is 9.20. The number of hydrogen-bond acceptors (Lipinski definition) is 3. The van der Waals surface area contributed by atoms with Crippen molar-refractivity contribution in [1.29, 1.82) is 5.26 Å². The van der Waals surface area contributed by atoms with Crippen LogP contribution in [0.3, 0.4) is 0 Å². The second-order valence-corrected chi connectivity index (χ2v) is 4.16. The van der Waals surface area contributed by atoms with E-state index in [1.165, 1.54) is 11.1 Å². The molecule has 1 amide bonds. The molecule has 2 rings (SSSR count). The topological polar surface area (TPSA) is 72.8 Å². The number of nitrogens with one attached hydrogen (secondary N) is 1. The minimum Gasteiger partial charge on any atom is -0.365 e. The average Bonchev–Trinajstić information content (AvgIpc) is 2.97. The average molecular weight is 254 g/mol. The number of rotatable bonds is 4. The number of aryl methyl sites for hydroxylation is 1. The molecule has 0 saturated heterocycles. The molecule has 1 N–H and O–H groups in total. The predicted molar refractivity (Wildman–Crippen MR) is 71.5 cm³/mol. The van der Waals surface area contributed by atoms with E-state index in [2.05, 4.69) is 9.97 Å². The van der Waals surface area contributed by atoms with Crippen molar-refractivity contribution >= 4 is 11.7 Å². The van der Waals surface area contributed by atoms with E-state index in [4.69, 9.17) is 5.26 Å². The third kappa shape index (κ3) is 3.19. The smallest absolute Gasteiger partial charge is 0.228 e. The van der Waals surface area contributed by atoms with Crippen molar-refractivity contribution in [1.82, 2.24) is 9.97 Å². The van der Waals surface area contributed by atoms with Gasteiger partial charge in [-0.05, 0) is 30.7 Å². The standard InChI is InChI=1S/C14H14N4O/c1-18(13-6-4-11(9-15)10-17-13)14(19)7-5-12-3-2-8-16-12/h2-4,6,8,10,16H,5,7H2,1H3. The van der Waals surface area contributed by atoms with Gasteiger partial charge in [0.25, 0.3) is 0 Å². The van der Waals surface area contributed by atoms with Crippen LogP contribution in [-0.2, 0) is 11.2 Å². The molecule has 0 unspecified atom stereocenters. The van der Waals surface area contributed by atoms with Crippen molar-refractivity contribution in [3.8, 4) is 6.07 Å². The van der Waals surface area contributed by atoms with Gasteiger partial charge in [0.15, 0.2) is 0 Å². The number of aromatic nitrogens is 2. The summed E-state index contributed by atoms with van der Waals surface area (Å²) in [5.41, 5.74) is 1.52. The fourth-order valence-electron chi connectivity index (χ4n) is 1.71. The Labute approximate surface area is 111 Å². The van der Waals surface area contributed by atoms with Crippen LogP contribution in [0.4, 0.5) is 5.82 Å². The van der Waals surface area contributed by atoms with Gasteiger partial charge in [0.2, 0.25) is 5.91 Å². The maximum Gasteiger partial charge on any atom is 0.228 e. The molecule has 5 nitrogen and oxygen atoms in total. The van der Waals surface area contributed by atoms with Crippen LogP contribution in [0.15, 0.2) is 36.7 Å². The maximum absolute atomic E-state index is 12.0. The lowest BCUT2D eigenvalue weighted by molar-refractivity contribution is -0.118. The van der Waals surface area contributed by atoms with Crippen LogP contribution in [0, 0.1) is 11.3 Å². The third-order valence-corrected chi connectivity index (χ3v) is 2.87. The summed E-state index contributed by atoms with van der Waals surface area (Å²) in [5, 5.41) is 8.69. The Balaban J connectivity index is 1.96. The molecule has 96 valence electrons. The molecule has 2 heterocycles. The highest BCUT2D eigenvalue weighted by Gasteiger charge is 2.12. The van der Waals surface area contributed by atoms with Gasteiger partial charge >= 0.3 is 0 Å². The zero-order valence-corrected chi connectivity index (χ0v) is 10.6. The van der Waals surface area contributed by atoms with Gasteiger partial charge in [-0.1, -0.05) is 0 Å². The number of nitrogens with zero attached hydrogens (tertiary/aromatic N) is 3. The largest absolute Gasteiger partial charge is 0.365 e. The van der Waals surface area contributed by atoms with E-state index in [0.29, 0.717) is 24.2 Å². The van der Waals surface area contributed by atoms with Crippen molar-refractivity contribution in [2.45, 2.75) is 12.8 Å². The molecule has 0 fully saturated rings. The summed E-state index contributed by atoms with van der Waals surface area (Å²) in [7, 11) is 1.69. The van der Waals surface area contributed by atoms with Crippen molar-refractivity contribution < 1.29 is 4.79 Å². The number of hydrogen-bond donors (Lipinski definition) is 1. The van der Waals surface area contributed by atoms with Crippen LogP contribution < -0.4 is 4.90 Å². The zero-order valence-electron chi connectivity index (χ0n) is 10.6. The highest BCUT2D eigenvalue weighted by Crippen LogP contribution is 2.11. The molecule has 2 aromatic heterocycles. The monoisotopic (exact) mass is 254 g/mol. The van der Waals surface area contributed by atoms with Crippen molar-refractivity contribution in [2.24, 2.45) is 0 Å². The fraction of sp³-hybridized carbons (Fsp3) is 0.214. The fourth-order valence-corrected chi connectivity index (χ4v) is 1.71. The van der Waals surface area contributed by atoms with Crippen LogP contribution in [0.5, 0.6) is 0 Å². The second kappa shape index (κ2) is 5.83. The SMILES string of the molecule is CN(C(=O)CCc1ccc[nH]1)c1ccc(C#N)cn1. The predicted octanol–water partition coefficient (Wildman–Crippen LogP) is 1.88. The van der Waals surface area contributed by atoms with Gasteiger partial charge < -0.3 is 4.98 Å². The summed E-state index contributed by atoms with van der Waals surface area (Å²) in [5.74, 6) is 0.544. The molecule has 0 spiro atoms. The number of H-pyrrole nitrogens is 1. The molecular formula is C14H14N4O. The number of anilines is 1. The Morgan fingerprint density at radius 2 is 2.32 bits per heavy atom. The molecule has 0 radical (unpaired) electrons. The summed E-state index contributed by atoms with van der Waals surface area (Å²) >= 11 is 0. The molecule has 0 bridgehead atoms. The van der Waals surface area contributed by atoms with Gasteiger partial charge in [-0.3, -0.25) is 9.69 Å². The summed E-state index contributed by atoms with van der Waals surface area (Å²) in [6.07, 6.45) is 4.39. The van der Waals surface area contributed by atoms with Crippen molar-refractivity contribution in [3.63, 3.8) is 0 Å². The Morgan fingerprint density at radius 3 is 2.89 bits per heavy atom. The maximum atomic E-state index is 12.0. The molecule has 0 aliphatic heterocycles. The lowest BCUT2D eigenvalue weighted by Crippen LogP contribution is -2.27. The lowest BCUT2D eigenvalue weighted by atomic mass is 10.2. The Bertz CT molecular complexity index is 581. The lowest BCUT2D eigenvalue weighted by Gasteiger charge is -2.15. The molecule has 0 saturated carbocycles. The molecule has 5 heteroatoms. The van der Waals surface area contributed by atoms with Crippen molar-refractivity contribution in [3.05, 3.63) is 47.9 Å². The Hall–Kier alpha value is -2.61. The van der Waals surface area contributed by atoms with Crippen LogP contribution in [0.2, 0.25) is 0 Å². The van der Waals surface area contributed by atoms with E-state index < -0.39 is 0 Å². The van der Waals surface area contributed by atoms with Crippen molar-refractivity contribution in [2.75, 3.05) is 11.9 Å². The van der Waals surface area contributed by atoms with E-state index in [1.807, 2.05) is 24.4 Å². The molecule has 0 aromatic carbocycles. The molecule has 2 aromatic rings. The van der Waals surface area contributed by atoms with E-state index in [9.17, 15) is 4.79 Å². The minimum absolute atomic E-state index is 0.00759. The first kappa shape index (κ1) is 12.8. The van der Waals surface area contributed by atoms with Gasteiger partial charge in [0, 0.05) is 31.6 Å². The van der Waals surface area contributed by atoms with Crippen LogP contribution in [-0.4, -0.2) is 22.9 Å². The first-order valence-electron chi connectivity index (χ1n) is 5.95. The highest BCUT2D eigenvalue weighted by molar-refractivity contribution is 5.91. The number of amides is 1. The van der Waals surface area contributed by atoms with E-state index in [-0.39, 0.29) is 5.91 Å². The zero-order chi connectivity index (χ0) is 13.7. The summed E-state index contributed by atoms with van der Waals surface area (Å²) in [4.78, 5) is 20.7. The minimum atomic E-state index is -0.00759. The van der Waals surface area contributed by atoms with Gasteiger partial charge in [0.1, 0.15) is 11.9 Å². The summed E-state index contributed by atoms with van der Waals surface area (Å²) in [6.45, 7) is 0. The Kier molecular flexibility index (Phi) is 3.94. The normalized spacial score (nSPS) is 9.89. The molecule has 0 atom stereocenters. The molecule has 19 heavy (non-hydrogen) atoms. The van der Waals surface area contributed by atoms with Gasteiger partial charge in [-0.25, -0.2) is 4.98 Å². The van der Waals surface area contributed by atoms with Crippen LogP contribution >= 0.6 is 0 Å². The van der Waals surface area contributed by atoms with Gasteiger partial charge in [-0.15, -0.1) is 0 Å². The first-order valence-corrected chi connectivity index (χ1v) is 5.95. The number of carbonyl (C=O) groups is 1. The second-order valence-electron chi connectivity index (χ2n) is 4.16. The molecular weight excluding hydrogens is 240 g/mol. The number of nitriles is 1.